The van der Waals surface area contributed by atoms with Crippen LogP contribution in [-0.2, 0) is 10.0 Å². The number of nitrogens with one attached hydrogen (secondary N) is 2. The van der Waals surface area contributed by atoms with Crippen LogP contribution in [0.5, 0.6) is 0 Å². The van der Waals surface area contributed by atoms with Gasteiger partial charge in [0.2, 0.25) is 10.0 Å². The van der Waals surface area contributed by atoms with Crippen molar-refractivity contribution in [2.45, 2.75) is 44.0 Å². The Bertz CT molecular complexity index is 689. The van der Waals surface area contributed by atoms with Crippen molar-refractivity contribution in [3.63, 3.8) is 0 Å². The summed E-state index contributed by atoms with van der Waals surface area (Å²) in [6.07, 6.45) is 3.59. The van der Waals surface area contributed by atoms with Gasteiger partial charge in [0, 0.05) is 25.8 Å². The molecule has 0 heterocycles. The summed E-state index contributed by atoms with van der Waals surface area (Å²) < 4.78 is 25.6. The summed E-state index contributed by atoms with van der Waals surface area (Å²) in [5.74, 6) is 1.26. The first-order valence-electron chi connectivity index (χ1n) is 8.32. The van der Waals surface area contributed by atoms with Crippen molar-refractivity contribution >= 4 is 33.0 Å². The summed E-state index contributed by atoms with van der Waals surface area (Å²) in [4.78, 5) is 0.250. The van der Waals surface area contributed by atoms with Gasteiger partial charge in [0.05, 0.1) is 4.90 Å². The van der Waals surface area contributed by atoms with Crippen molar-refractivity contribution in [1.29, 1.82) is 0 Å². The third-order valence-corrected chi connectivity index (χ3v) is 6.92. The second kappa shape index (κ2) is 7.80. The fraction of sp³-hybridized carbons (Fsp3) is 0.588. The number of rotatable bonds is 4. The normalized spacial score (nSPS) is 24.6. The smallest absolute Gasteiger partial charge is 0.242 e. The van der Waals surface area contributed by atoms with Crippen molar-refractivity contribution in [3.8, 4) is 0 Å². The molecule has 5 nitrogen and oxygen atoms in total. The van der Waals surface area contributed by atoms with Crippen LogP contribution >= 0.6 is 12.2 Å². The molecule has 1 aromatic carbocycles. The number of hydrogen-bond acceptors (Lipinski definition) is 3. The van der Waals surface area contributed by atoms with Gasteiger partial charge in [-0.05, 0) is 48.7 Å². The average molecular weight is 370 g/mol. The standard InChI is InChI=1S/C17H27N3O2S2/c1-12-7-5-10-16(13(12)2)19-17(23)18-14-8-6-9-15(11-14)24(21,22)20(3)4/h6,8-9,11-13,16H,5,7,10H2,1-4H3,(H2,18,19,23)/t12-,13+,16-/m0/s1. The van der Waals surface area contributed by atoms with Crippen molar-refractivity contribution in [1.82, 2.24) is 9.62 Å². The van der Waals surface area contributed by atoms with Crippen LogP contribution < -0.4 is 10.6 Å². The van der Waals surface area contributed by atoms with Gasteiger partial charge >= 0.3 is 0 Å². The highest BCUT2D eigenvalue weighted by molar-refractivity contribution is 7.89. The molecule has 1 saturated carbocycles. The number of sulfonamides is 1. The minimum absolute atomic E-state index is 0.250. The van der Waals surface area contributed by atoms with Crippen LogP contribution in [0.4, 0.5) is 5.69 Å². The molecule has 3 atom stereocenters. The highest BCUT2D eigenvalue weighted by atomic mass is 32.2. The van der Waals surface area contributed by atoms with E-state index in [0.29, 0.717) is 28.7 Å². The number of nitrogens with zero attached hydrogens (tertiary/aromatic N) is 1. The minimum Gasteiger partial charge on any atom is -0.359 e. The van der Waals surface area contributed by atoms with Crippen LogP contribution in [0.3, 0.4) is 0 Å². The predicted molar refractivity (Wildman–Crippen MR) is 103 cm³/mol. The minimum atomic E-state index is -3.45. The van der Waals surface area contributed by atoms with E-state index in [-0.39, 0.29) is 4.90 Å². The van der Waals surface area contributed by atoms with E-state index in [4.69, 9.17) is 12.2 Å². The Labute approximate surface area is 150 Å². The predicted octanol–water partition coefficient (Wildman–Crippen LogP) is 3.05. The van der Waals surface area contributed by atoms with E-state index in [2.05, 4.69) is 24.5 Å². The molecular weight excluding hydrogens is 342 g/mol. The monoisotopic (exact) mass is 369 g/mol. The zero-order chi connectivity index (χ0) is 17.9. The molecule has 0 aliphatic heterocycles. The Morgan fingerprint density at radius 2 is 1.96 bits per heavy atom. The van der Waals surface area contributed by atoms with Gasteiger partial charge in [0.25, 0.3) is 0 Å². The first-order valence-corrected chi connectivity index (χ1v) is 10.2. The van der Waals surface area contributed by atoms with Crippen molar-refractivity contribution in [2.24, 2.45) is 11.8 Å². The van der Waals surface area contributed by atoms with Crippen molar-refractivity contribution < 1.29 is 8.42 Å². The van der Waals surface area contributed by atoms with E-state index in [1.54, 1.807) is 18.2 Å². The third-order valence-electron chi connectivity index (χ3n) is 4.89. The van der Waals surface area contributed by atoms with Gasteiger partial charge < -0.3 is 10.6 Å². The molecule has 0 radical (unpaired) electrons. The molecule has 1 aromatic rings. The third kappa shape index (κ3) is 4.46. The molecule has 1 aliphatic carbocycles. The first kappa shape index (κ1) is 19.1. The SMILES string of the molecule is C[C@H]1[C@@H](NC(=S)Nc2cccc(S(=O)(=O)N(C)C)c2)CCC[C@@H]1C. The molecule has 0 spiro atoms. The molecule has 0 amide bonds. The van der Waals surface area contributed by atoms with Crippen molar-refractivity contribution in [3.05, 3.63) is 24.3 Å². The van der Waals surface area contributed by atoms with Crippen LogP contribution in [0.15, 0.2) is 29.2 Å². The maximum Gasteiger partial charge on any atom is 0.242 e. The van der Waals surface area contributed by atoms with Gasteiger partial charge in [-0.15, -0.1) is 0 Å². The lowest BCUT2D eigenvalue weighted by Crippen LogP contribution is -2.45. The second-order valence-electron chi connectivity index (χ2n) is 6.79. The van der Waals surface area contributed by atoms with E-state index in [0.717, 1.165) is 6.42 Å². The summed E-state index contributed by atoms with van der Waals surface area (Å²) in [6, 6.07) is 7.09. The Balaban J connectivity index is 2.05. The van der Waals surface area contributed by atoms with Crippen molar-refractivity contribution in [2.75, 3.05) is 19.4 Å². The molecule has 134 valence electrons. The van der Waals surface area contributed by atoms with Crippen LogP contribution in [0.25, 0.3) is 0 Å². The largest absolute Gasteiger partial charge is 0.359 e. The highest BCUT2D eigenvalue weighted by Crippen LogP contribution is 2.29. The summed E-state index contributed by atoms with van der Waals surface area (Å²) in [7, 11) is -0.407. The molecular formula is C17H27N3O2S2. The van der Waals surface area contributed by atoms with E-state index < -0.39 is 10.0 Å². The summed E-state index contributed by atoms with van der Waals surface area (Å²) >= 11 is 5.41. The van der Waals surface area contributed by atoms with Gasteiger partial charge in [0.15, 0.2) is 5.11 Å². The zero-order valence-corrected chi connectivity index (χ0v) is 16.4. The summed E-state index contributed by atoms with van der Waals surface area (Å²) in [5.41, 5.74) is 0.673. The topological polar surface area (TPSA) is 61.4 Å². The summed E-state index contributed by atoms with van der Waals surface area (Å²) in [5, 5.41) is 7.04. The van der Waals surface area contributed by atoms with E-state index in [1.165, 1.54) is 31.2 Å². The Hall–Kier alpha value is -1.18. The van der Waals surface area contributed by atoms with Gasteiger partial charge in [0.1, 0.15) is 0 Å². The maximum atomic E-state index is 12.2. The zero-order valence-electron chi connectivity index (χ0n) is 14.7. The summed E-state index contributed by atoms with van der Waals surface area (Å²) in [6.45, 7) is 4.54. The second-order valence-corrected chi connectivity index (χ2v) is 9.35. The molecule has 1 fully saturated rings. The Morgan fingerprint density at radius 1 is 1.25 bits per heavy atom. The van der Waals surface area contributed by atoms with Gasteiger partial charge in [-0.2, -0.15) is 0 Å². The quantitative estimate of drug-likeness (QED) is 0.799. The number of hydrogen-bond donors (Lipinski definition) is 2. The molecule has 0 saturated heterocycles. The lowest BCUT2D eigenvalue weighted by molar-refractivity contribution is 0.225. The van der Waals surface area contributed by atoms with E-state index in [1.807, 2.05) is 6.07 Å². The van der Waals surface area contributed by atoms with Gasteiger partial charge in [-0.1, -0.05) is 32.8 Å². The average Bonchev–Trinajstić information content (AvgIpc) is 2.52. The molecule has 24 heavy (non-hydrogen) atoms. The number of thiocarbonyl (C=S) groups is 1. The molecule has 1 aliphatic rings. The fourth-order valence-corrected chi connectivity index (χ4v) is 4.28. The lowest BCUT2D eigenvalue weighted by Gasteiger charge is -2.35. The lowest BCUT2D eigenvalue weighted by atomic mass is 9.78. The number of anilines is 1. The van der Waals surface area contributed by atoms with Gasteiger partial charge in [-0.25, -0.2) is 12.7 Å². The van der Waals surface area contributed by atoms with Crippen LogP contribution in [-0.4, -0.2) is 38.0 Å². The molecule has 0 unspecified atom stereocenters. The van der Waals surface area contributed by atoms with Crippen LogP contribution in [0, 0.1) is 11.8 Å². The molecule has 7 heteroatoms. The Kier molecular flexibility index (Phi) is 6.22. The molecule has 0 aromatic heterocycles. The van der Waals surface area contributed by atoms with Crippen LogP contribution in [0.2, 0.25) is 0 Å². The highest BCUT2D eigenvalue weighted by Gasteiger charge is 2.27. The molecule has 2 rings (SSSR count). The molecule has 2 N–H and O–H groups in total. The van der Waals surface area contributed by atoms with E-state index in [9.17, 15) is 8.42 Å². The van der Waals surface area contributed by atoms with E-state index >= 15 is 0 Å². The van der Waals surface area contributed by atoms with Crippen LogP contribution in [0.1, 0.15) is 33.1 Å². The van der Waals surface area contributed by atoms with Gasteiger partial charge in [-0.3, -0.25) is 0 Å². The maximum absolute atomic E-state index is 12.2. The Morgan fingerprint density at radius 3 is 2.62 bits per heavy atom. The number of benzene rings is 1. The first-order chi connectivity index (χ1) is 11.2. The fourth-order valence-electron chi connectivity index (χ4n) is 3.07. The molecule has 0 bridgehead atoms.